The summed E-state index contributed by atoms with van der Waals surface area (Å²) in [6.45, 7) is 2.49. The highest BCUT2D eigenvalue weighted by atomic mass is 32.2. The predicted molar refractivity (Wildman–Crippen MR) is 113 cm³/mol. The fourth-order valence-corrected chi connectivity index (χ4v) is 4.14. The van der Waals surface area contributed by atoms with Crippen LogP contribution in [-0.2, 0) is 10.0 Å². The summed E-state index contributed by atoms with van der Waals surface area (Å²) in [5, 5.41) is 5.00. The molecule has 0 atom stereocenters. The van der Waals surface area contributed by atoms with Gasteiger partial charge in [0.2, 0.25) is 10.0 Å². The second-order valence-electron chi connectivity index (χ2n) is 6.72. The number of anilines is 1. The molecule has 5 nitrogen and oxygen atoms in total. The molecule has 0 saturated heterocycles. The second-order valence-corrected chi connectivity index (χ2v) is 8.77. The number of fused-ring (bicyclic) bond motifs is 1. The van der Waals surface area contributed by atoms with Crippen molar-refractivity contribution in [2.24, 2.45) is 0 Å². The van der Waals surface area contributed by atoms with E-state index in [1.54, 1.807) is 7.05 Å². The van der Waals surface area contributed by atoms with Crippen molar-refractivity contribution in [2.45, 2.75) is 24.7 Å². The van der Waals surface area contributed by atoms with Gasteiger partial charge in [-0.1, -0.05) is 43.7 Å². The first-order valence-electron chi connectivity index (χ1n) is 9.28. The van der Waals surface area contributed by atoms with Crippen molar-refractivity contribution < 1.29 is 13.2 Å². The number of hydrogen-bond acceptors (Lipinski definition) is 3. The average molecular weight is 397 g/mol. The molecule has 0 aliphatic rings. The van der Waals surface area contributed by atoms with E-state index >= 15 is 0 Å². The fraction of sp³-hybridized carbons (Fsp3) is 0.227. The fourth-order valence-electron chi connectivity index (χ4n) is 2.93. The Balaban J connectivity index is 1.74. The number of benzene rings is 3. The zero-order chi connectivity index (χ0) is 20.1. The molecule has 0 heterocycles. The van der Waals surface area contributed by atoms with E-state index in [2.05, 4.69) is 5.32 Å². The number of amides is 1. The Hall–Kier alpha value is -2.70. The summed E-state index contributed by atoms with van der Waals surface area (Å²) < 4.78 is 26.5. The predicted octanol–water partition coefficient (Wildman–Crippen LogP) is 4.51. The number of hydrogen-bond donors (Lipinski definition) is 1. The van der Waals surface area contributed by atoms with Gasteiger partial charge >= 0.3 is 0 Å². The summed E-state index contributed by atoms with van der Waals surface area (Å²) in [4.78, 5) is 12.7. The quantitative estimate of drug-likeness (QED) is 0.639. The number of nitrogens with one attached hydrogen (secondary N) is 1. The lowest BCUT2D eigenvalue weighted by atomic mass is 10.1. The molecule has 0 saturated carbocycles. The Kier molecular flexibility index (Phi) is 6.11. The second kappa shape index (κ2) is 8.54. The largest absolute Gasteiger partial charge is 0.322 e. The van der Waals surface area contributed by atoms with Crippen molar-refractivity contribution in [3.8, 4) is 0 Å². The van der Waals surface area contributed by atoms with Crippen LogP contribution in [0.15, 0.2) is 71.6 Å². The monoisotopic (exact) mass is 396 g/mol. The highest BCUT2D eigenvalue weighted by molar-refractivity contribution is 7.89. The zero-order valence-corrected chi connectivity index (χ0v) is 16.9. The van der Waals surface area contributed by atoms with Crippen LogP contribution >= 0.6 is 0 Å². The molecule has 0 aliphatic heterocycles. The van der Waals surface area contributed by atoms with E-state index in [0.29, 0.717) is 17.8 Å². The van der Waals surface area contributed by atoms with Gasteiger partial charge in [0, 0.05) is 24.8 Å². The first kappa shape index (κ1) is 20.0. The Bertz CT molecular complexity index is 1080. The molecule has 0 spiro atoms. The highest BCUT2D eigenvalue weighted by Crippen LogP contribution is 2.20. The number of carbonyl (C=O) groups excluding carboxylic acids is 1. The third kappa shape index (κ3) is 4.40. The van der Waals surface area contributed by atoms with Crippen molar-refractivity contribution in [1.29, 1.82) is 0 Å². The number of rotatable bonds is 7. The summed E-state index contributed by atoms with van der Waals surface area (Å²) in [5.74, 6) is -0.279. The summed E-state index contributed by atoms with van der Waals surface area (Å²) in [6.07, 6.45) is 1.73. The SMILES string of the molecule is CCCCN(C)S(=O)(=O)c1ccc(C(=O)Nc2ccc3ccccc3c2)cc1. The smallest absolute Gasteiger partial charge is 0.255 e. The minimum absolute atomic E-state index is 0.188. The van der Waals surface area contributed by atoms with Gasteiger partial charge in [0.05, 0.1) is 4.90 Å². The average Bonchev–Trinajstić information content (AvgIpc) is 2.71. The minimum atomic E-state index is -3.54. The molecule has 0 unspecified atom stereocenters. The molecule has 0 aliphatic carbocycles. The molecule has 0 radical (unpaired) electrons. The highest BCUT2D eigenvalue weighted by Gasteiger charge is 2.20. The van der Waals surface area contributed by atoms with E-state index < -0.39 is 10.0 Å². The maximum atomic E-state index is 12.6. The van der Waals surface area contributed by atoms with Gasteiger partial charge in [0.1, 0.15) is 0 Å². The lowest BCUT2D eigenvalue weighted by Gasteiger charge is -2.17. The molecule has 28 heavy (non-hydrogen) atoms. The minimum Gasteiger partial charge on any atom is -0.322 e. The van der Waals surface area contributed by atoms with Gasteiger partial charge < -0.3 is 5.32 Å². The molecule has 1 amide bonds. The van der Waals surface area contributed by atoms with Crippen LogP contribution in [0.1, 0.15) is 30.1 Å². The van der Waals surface area contributed by atoms with Gasteiger partial charge in [-0.15, -0.1) is 0 Å². The van der Waals surface area contributed by atoms with Crippen LogP contribution in [0, 0.1) is 0 Å². The maximum absolute atomic E-state index is 12.6. The van der Waals surface area contributed by atoms with Crippen LogP contribution in [0.25, 0.3) is 10.8 Å². The summed E-state index contributed by atoms with van der Waals surface area (Å²) >= 11 is 0. The van der Waals surface area contributed by atoms with E-state index in [0.717, 1.165) is 23.6 Å². The summed E-state index contributed by atoms with van der Waals surface area (Å²) in [7, 11) is -1.96. The molecule has 146 valence electrons. The van der Waals surface area contributed by atoms with Crippen LogP contribution in [0.4, 0.5) is 5.69 Å². The van der Waals surface area contributed by atoms with Crippen LogP contribution in [-0.4, -0.2) is 32.2 Å². The Labute approximate surface area is 166 Å². The normalized spacial score (nSPS) is 11.7. The Morgan fingerprint density at radius 3 is 2.32 bits per heavy atom. The first-order chi connectivity index (χ1) is 13.4. The molecule has 1 N–H and O–H groups in total. The van der Waals surface area contributed by atoms with Crippen molar-refractivity contribution in [2.75, 3.05) is 18.9 Å². The van der Waals surface area contributed by atoms with Crippen molar-refractivity contribution >= 4 is 32.4 Å². The number of nitrogens with zero attached hydrogens (tertiary/aromatic N) is 1. The van der Waals surface area contributed by atoms with E-state index in [-0.39, 0.29) is 10.8 Å². The molecule has 0 bridgehead atoms. The number of carbonyl (C=O) groups is 1. The van der Waals surface area contributed by atoms with Crippen LogP contribution < -0.4 is 5.32 Å². The molecular weight excluding hydrogens is 372 g/mol. The summed E-state index contributed by atoms with van der Waals surface area (Å²) in [5.41, 5.74) is 1.10. The van der Waals surface area contributed by atoms with Gasteiger partial charge in [-0.2, -0.15) is 0 Å². The van der Waals surface area contributed by atoms with Crippen molar-refractivity contribution in [1.82, 2.24) is 4.31 Å². The van der Waals surface area contributed by atoms with Gasteiger partial charge in [0.25, 0.3) is 5.91 Å². The molecule has 0 fully saturated rings. The molecule has 3 aromatic rings. The van der Waals surface area contributed by atoms with Crippen molar-refractivity contribution in [3.05, 3.63) is 72.3 Å². The van der Waals surface area contributed by atoms with E-state index in [1.807, 2.05) is 49.4 Å². The number of unbranched alkanes of at least 4 members (excludes halogenated alkanes) is 1. The molecular formula is C22H24N2O3S. The molecule has 0 aromatic heterocycles. The van der Waals surface area contributed by atoms with Gasteiger partial charge in [0.15, 0.2) is 0 Å². The maximum Gasteiger partial charge on any atom is 0.255 e. The molecule has 3 aromatic carbocycles. The van der Waals surface area contributed by atoms with Crippen LogP contribution in [0.3, 0.4) is 0 Å². The van der Waals surface area contributed by atoms with E-state index in [1.165, 1.54) is 28.6 Å². The van der Waals surface area contributed by atoms with Crippen LogP contribution in [0.2, 0.25) is 0 Å². The van der Waals surface area contributed by atoms with Crippen molar-refractivity contribution in [3.63, 3.8) is 0 Å². The lowest BCUT2D eigenvalue weighted by Crippen LogP contribution is -2.28. The van der Waals surface area contributed by atoms with E-state index in [4.69, 9.17) is 0 Å². The van der Waals surface area contributed by atoms with Gasteiger partial charge in [-0.3, -0.25) is 4.79 Å². The molecule has 6 heteroatoms. The standard InChI is InChI=1S/C22H24N2O3S/c1-3-4-15-24(2)28(26,27)21-13-10-18(11-14-21)22(25)23-20-12-9-17-7-5-6-8-19(17)16-20/h5-14,16H,3-4,15H2,1-2H3,(H,23,25). The Morgan fingerprint density at radius 1 is 0.964 bits per heavy atom. The summed E-state index contributed by atoms with van der Waals surface area (Å²) in [6, 6.07) is 19.7. The first-order valence-corrected chi connectivity index (χ1v) is 10.7. The Morgan fingerprint density at radius 2 is 1.64 bits per heavy atom. The van der Waals surface area contributed by atoms with Gasteiger partial charge in [-0.05, 0) is 53.6 Å². The number of sulfonamides is 1. The molecule has 3 rings (SSSR count). The zero-order valence-electron chi connectivity index (χ0n) is 16.1. The third-order valence-corrected chi connectivity index (χ3v) is 6.53. The lowest BCUT2D eigenvalue weighted by molar-refractivity contribution is 0.102. The topological polar surface area (TPSA) is 66.5 Å². The van der Waals surface area contributed by atoms with E-state index in [9.17, 15) is 13.2 Å². The third-order valence-electron chi connectivity index (χ3n) is 4.66. The van der Waals surface area contributed by atoms with Crippen LogP contribution in [0.5, 0.6) is 0 Å². The van der Waals surface area contributed by atoms with Gasteiger partial charge in [-0.25, -0.2) is 12.7 Å².